The molecule has 138 valence electrons. The van der Waals surface area contributed by atoms with Gasteiger partial charge in [0.15, 0.2) is 0 Å². The minimum absolute atomic E-state index is 0.228. The van der Waals surface area contributed by atoms with Crippen LogP contribution in [-0.2, 0) is 4.74 Å². The third-order valence-corrected chi connectivity index (χ3v) is 4.80. The predicted molar refractivity (Wildman–Crippen MR) is 110 cm³/mol. The average Bonchev–Trinajstić information content (AvgIpc) is 2.70. The van der Waals surface area contributed by atoms with Gasteiger partial charge in [-0.2, -0.15) is 0 Å². The van der Waals surface area contributed by atoms with E-state index in [9.17, 15) is 4.79 Å². The molecule has 2 aromatic carbocycles. The number of hydrogen-bond donors (Lipinski definition) is 0. The molecule has 0 saturated carbocycles. The van der Waals surface area contributed by atoms with Crippen molar-refractivity contribution in [3.63, 3.8) is 0 Å². The number of rotatable bonds is 9. The highest BCUT2D eigenvalue weighted by Gasteiger charge is 2.08. The second-order valence-electron chi connectivity index (χ2n) is 6.74. The Hall–Kier alpha value is -2.35. The molecular weight excluding hydrogens is 320 g/mol. The molecule has 0 bridgehead atoms. The molecule has 0 saturated heterocycles. The van der Waals surface area contributed by atoms with Gasteiger partial charge in [-0.25, -0.2) is 4.79 Å². The van der Waals surface area contributed by atoms with Crippen molar-refractivity contribution in [1.29, 1.82) is 0 Å². The summed E-state index contributed by atoms with van der Waals surface area (Å²) in [5, 5.41) is 0. The Morgan fingerprint density at radius 3 is 1.88 bits per heavy atom. The number of unbranched alkanes of at least 4 members (excludes halogenated alkanes) is 4. The minimum Gasteiger partial charge on any atom is -0.462 e. The zero-order valence-electron chi connectivity index (χ0n) is 16.3. The Labute approximate surface area is 157 Å². The Bertz CT molecular complexity index is 712. The number of carbonyl (C=O) groups is 1. The maximum absolute atomic E-state index is 12.1. The largest absolute Gasteiger partial charge is 0.462 e. The molecule has 2 nitrogen and oxygen atoms in total. The number of ether oxygens (including phenoxy) is 1. The van der Waals surface area contributed by atoms with Crippen molar-refractivity contribution >= 4 is 17.1 Å². The van der Waals surface area contributed by atoms with Crippen molar-refractivity contribution in [3.05, 3.63) is 71.3 Å². The highest BCUT2D eigenvalue weighted by molar-refractivity contribution is 5.92. The molecule has 0 N–H and O–H groups in total. The van der Waals surface area contributed by atoms with Gasteiger partial charge in [-0.1, -0.05) is 75.1 Å². The lowest BCUT2D eigenvalue weighted by Gasteiger charge is -2.10. The molecule has 2 rings (SSSR count). The monoisotopic (exact) mass is 350 g/mol. The van der Waals surface area contributed by atoms with Crippen molar-refractivity contribution in [2.75, 3.05) is 6.61 Å². The van der Waals surface area contributed by atoms with Crippen LogP contribution in [-0.4, -0.2) is 12.6 Å². The van der Waals surface area contributed by atoms with Gasteiger partial charge in [0.05, 0.1) is 12.2 Å². The molecule has 0 amide bonds. The molecular formula is C24H30O2. The number of allylic oxidation sites excluding steroid dienone is 2. The second-order valence-corrected chi connectivity index (χ2v) is 6.74. The fourth-order valence-electron chi connectivity index (χ4n) is 2.93. The molecule has 0 atom stereocenters. The van der Waals surface area contributed by atoms with Crippen LogP contribution in [0.3, 0.4) is 0 Å². The number of hydrogen-bond acceptors (Lipinski definition) is 2. The lowest BCUT2D eigenvalue weighted by Crippen LogP contribution is -2.06. The molecule has 2 heteroatoms. The first-order valence-electron chi connectivity index (χ1n) is 9.64. The summed E-state index contributed by atoms with van der Waals surface area (Å²) in [6.45, 7) is 6.95. The molecule has 0 aliphatic carbocycles. The van der Waals surface area contributed by atoms with Crippen LogP contribution < -0.4 is 0 Å². The molecule has 0 unspecified atom stereocenters. The molecule has 0 aromatic heterocycles. The Morgan fingerprint density at radius 2 is 1.27 bits per heavy atom. The van der Waals surface area contributed by atoms with Gasteiger partial charge in [-0.05, 0) is 54.7 Å². The zero-order valence-corrected chi connectivity index (χ0v) is 16.3. The Morgan fingerprint density at radius 1 is 0.731 bits per heavy atom. The molecule has 2 aromatic rings. The smallest absolute Gasteiger partial charge is 0.338 e. The molecule has 0 spiro atoms. The van der Waals surface area contributed by atoms with Gasteiger partial charge in [0.2, 0.25) is 0 Å². The summed E-state index contributed by atoms with van der Waals surface area (Å²) < 4.78 is 5.37. The van der Waals surface area contributed by atoms with Crippen molar-refractivity contribution in [1.82, 2.24) is 0 Å². The highest BCUT2D eigenvalue weighted by atomic mass is 16.5. The van der Waals surface area contributed by atoms with Crippen LogP contribution in [0.2, 0.25) is 0 Å². The third-order valence-electron chi connectivity index (χ3n) is 4.80. The second kappa shape index (κ2) is 10.6. The number of carbonyl (C=O) groups excluding carboxylic acids is 1. The molecule has 0 aliphatic rings. The molecule has 0 heterocycles. The summed E-state index contributed by atoms with van der Waals surface area (Å²) in [7, 11) is 0. The van der Waals surface area contributed by atoms with Crippen molar-refractivity contribution in [3.8, 4) is 0 Å². The summed E-state index contributed by atoms with van der Waals surface area (Å²) in [6, 6.07) is 18.1. The average molecular weight is 351 g/mol. The van der Waals surface area contributed by atoms with Gasteiger partial charge in [-0.15, -0.1) is 0 Å². The van der Waals surface area contributed by atoms with Gasteiger partial charge in [-0.3, -0.25) is 0 Å². The topological polar surface area (TPSA) is 26.3 Å². The van der Waals surface area contributed by atoms with E-state index in [-0.39, 0.29) is 5.97 Å². The van der Waals surface area contributed by atoms with Gasteiger partial charge in [0.25, 0.3) is 0 Å². The van der Waals surface area contributed by atoms with Crippen LogP contribution >= 0.6 is 0 Å². The fourth-order valence-corrected chi connectivity index (χ4v) is 2.93. The molecule has 0 aliphatic heterocycles. The van der Waals surface area contributed by atoms with Gasteiger partial charge in [0.1, 0.15) is 0 Å². The quantitative estimate of drug-likeness (QED) is 0.283. The summed E-state index contributed by atoms with van der Waals surface area (Å²) in [5.41, 5.74) is 5.42. The van der Waals surface area contributed by atoms with E-state index in [1.165, 1.54) is 36.0 Å². The van der Waals surface area contributed by atoms with Gasteiger partial charge >= 0.3 is 5.97 Å². The van der Waals surface area contributed by atoms with E-state index < -0.39 is 0 Å². The normalized spacial score (nSPS) is 11.8. The van der Waals surface area contributed by atoms with Crippen molar-refractivity contribution in [2.45, 2.75) is 52.9 Å². The highest BCUT2D eigenvalue weighted by Crippen LogP contribution is 2.25. The Balaban J connectivity index is 1.94. The van der Waals surface area contributed by atoms with E-state index in [2.05, 4.69) is 32.9 Å². The minimum atomic E-state index is -0.228. The van der Waals surface area contributed by atoms with E-state index in [0.717, 1.165) is 18.4 Å². The fraction of sp³-hybridized carbons (Fsp3) is 0.375. The lowest BCUT2D eigenvalue weighted by molar-refractivity contribution is 0.0497. The maximum Gasteiger partial charge on any atom is 0.338 e. The summed E-state index contributed by atoms with van der Waals surface area (Å²) in [6.07, 6.45) is 5.77. The SMILES string of the molecule is CCCCCCCOC(=O)c1ccc(/C(C)=C(/C)c2ccccc2)cc1. The van der Waals surface area contributed by atoms with E-state index >= 15 is 0 Å². The van der Waals surface area contributed by atoms with E-state index in [0.29, 0.717) is 12.2 Å². The van der Waals surface area contributed by atoms with Gasteiger partial charge < -0.3 is 4.74 Å². The lowest BCUT2D eigenvalue weighted by atomic mass is 9.96. The third kappa shape index (κ3) is 5.87. The number of esters is 1. The first kappa shape index (κ1) is 20.0. The van der Waals surface area contributed by atoms with Crippen LogP contribution in [0.5, 0.6) is 0 Å². The Kier molecular flexibility index (Phi) is 8.14. The van der Waals surface area contributed by atoms with E-state index in [4.69, 9.17) is 4.74 Å². The maximum atomic E-state index is 12.1. The molecule has 0 fully saturated rings. The van der Waals surface area contributed by atoms with Gasteiger partial charge in [0, 0.05) is 0 Å². The van der Waals surface area contributed by atoms with Crippen LogP contribution in [0, 0.1) is 0 Å². The zero-order chi connectivity index (χ0) is 18.8. The summed E-state index contributed by atoms with van der Waals surface area (Å²) >= 11 is 0. The first-order valence-corrected chi connectivity index (χ1v) is 9.64. The standard InChI is InChI=1S/C24H30O2/c1-4-5-6-7-11-18-26-24(25)23-16-14-22(15-17-23)20(3)19(2)21-12-9-8-10-13-21/h8-10,12-17H,4-7,11,18H2,1-3H3/b20-19-. The van der Waals surface area contributed by atoms with Crippen LogP contribution in [0.25, 0.3) is 11.1 Å². The molecule has 0 radical (unpaired) electrons. The van der Waals surface area contributed by atoms with Crippen molar-refractivity contribution in [2.24, 2.45) is 0 Å². The van der Waals surface area contributed by atoms with E-state index in [1.807, 2.05) is 42.5 Å². The van der Waals surface area contributed by atoms with Crippen LogP contribution in [0.4, 0.5) is 0 Å². The van der Waals surface area contributed by atoms with Crippen LogP contribution in [0.1, 0.15) is 74.4 Å². The predicted octanol–water partition coefficient (Wildman–Crippen LogP) is 6.76. The molecule has 26 heavy (non-hydrogen) atoms. The van der Waals surface area contributed by atoms with E-state index in [1.54, 1.807) is 0 Å². The summed E-state index contributed by atoms with van der Waals surface area (Å²) in [5.74, 6) is -0.228. The first-order chi connectivity index (χ1) is 12.6. The van der Waals surface area contributed by atoms with Crippen LogP contribution in [0.15, 0.2) is 54.6 Å². The number of benzene rings is 2. The summed E-state index contributed by atoms with van der Waals surface area (Å²) in [4.78, 5) is 12.1. The van der Waals surface area contributed by atoms with Crippen molar-refractivity contribution < 1.29 is 9.53 Å².